The van der Waals surface area contributed by atoms with Crippen molar-refractivity contribution in [3.05, 3.63) is 0 Å². The summed E-state index contributed by atoms with van der Waals surface area (Å²) < 4.78 is 29.5. The molecule has 0 spiro atoms. The van der Waals surface area contributed by atoms with Crippen LogP contribution in [0.4, 0.5) is 8.78 Å². The number of rotatable bonds is 2. The highest BCUT2D eigenvalue weighted by Crippen LogP contribution is 2.36. The van der Waals surface area contributed by atoms with Gasteiger partial charge in [-0.1, -0.05) is 0 Å². The van der Waals surface area contributed by atoms with Gasteiger partial charge in [-0.3, -0.25) is 4.79 Å². The molecule has 1 saturated carbocycles. The minimum atomic E-state index is -2.94. The molecule has 2 N–H and O–H groups in total. The minimum absolute atomic E-state index is 0.0383. The summed E-state index contributed by atoms with van der Waals surface area (Å²) in [7, 11) is 0. The Morgan fingerprint density at radius 1 is 1.64 bits per heavy atom. The SMILES string of the molecule is N[C@@H]1C[C@H](OC=O)C(F)(F)C1. The van der Waals surface area contributed by atoms with Crippen LogP contribution in [0, 0.1) is 0 Å². The molecule has 0 aromatic heterocycles. The Labute approximate surface area is 62.5 Å². The van der Waals surface area contributed by atoms with Gasteiger partial charge in [0.1, 0.15) is 0 Å². The summed E-state index contributed by atoms with van der Waals surface area (Å²) in [4.78, 5) is 9.76. The molecule has 64 valence electrons. The molecule has 0 aliphatic heterocycles. The maximum Gasteiger partial charge on any atom is 0.293 e. The molecule has 5 heteroatoms. The third-order valence-electron chi connectivity index (χ3n) is 1.74. The predicted molar refractivity (Wildman–Crippen MR) is 33.1 cm³/mol. The van der Waals surface area contributed by atoms with Gasteiger partial charge in [0.05, 0.1) is 0 Å². The number of nitrogens with two attached hydrogens (primary N) is 1. The van der Waals surface area contributed by atoms with Gasteiger partial charge in [0, 0.05) is 18.9 Å². The van der Waals surface area contributed by atoms with Crippen molar-refractivity contribution in [1.82, 2.24) is 0 Å². The zero-order valence-electron chi connectivity index (χ0n) is 5.80. The molecule has 3 nitrogen and oxygen atoms in total. The van der Waals surface area contributed by atoms with E-state index in [1.54, 1.807) is 0 Å². The van der Waals surface area contributed by atoms with Crippen molar-refractivity contribution in [2.75, 3.05) is 0 Å². The van der Waals surface area contributed by atoms with Crippen molar-refractivity contribution in [2.45, 2.75) is 30.9 Å². The zero-order valence-corrected chi connectivity index (χ0v) is 5.80. The van der Waals surface area contributed by atoms with Gasteiger partial charge in [-0.15, -0.1) is 0 Å². The molecule has 0 aromatic rings. The Balaban J connectivity index is 2.58. The first-order valence-corrected chi connectivity index (χ1v) is 3.29. The molecule has 0 aromatic carbocycles. The Bertz CT molecular complexity index is 163. The number of alkyl halides is 2. The first-order valence-electron chi connectivity index (χ1n) is 3.29. The number of halogens is 2. The summed E-state index contributed by atoms with van der Waals surface area (Å²) >= 11 is 0. The van der Waals surface area contributed by atoms with Gasteiger partial charge in [0.15, 0.2) is 6.10 Å². The summed E-state index contributed by atoms with van der Waals surface area (Å²) in [5.41, 5.74) is 5.26. The lowest BCUT2D eigenvalue weighted by Crippen LogP contribution is -2.29. The molecule has 0 saturated heterocycles. The lowest BCUT2D eigenvalue weighted by molar-refractivity contribution is -0.152. The second-order valence-electron chi connectivity index (χ2n) is 2.68. The Morgan fingerprint density at radius 2 is 2.27 bits per heavy atom. The van der Waals surface area contributed by atoms with Crippen LogP contribution in [0.3, 0.4) is 0 Å². The van der Waals surface area contributed by atoms with Crippen LogP contribution in [-0.4, -0.2) is 24.5 Å². The molecular formula is C6H9F2NO2. The van der Waals surface area contributed by atoms with E-state index in [1.807, 2.05) is 0 Å². The molecule has 2 atom stereocenters. The normalized spacial score (nSPS) is 35.2. The number of carbonyl (C=O) groups is 1. The van der Waals surface area contributed by atoms with E-state index in [4.69, 9.17) is 5.73 Å². The van der Waals surface area contributed by atoms with Crippen LogP contribution in [0.1, 0.15) is 12.8 Å². The third kappa shape index (κ3) is 1.65. The molecule has 1 aliphatic carbocycles. The maximum absolute atomic E-state index is 12.7. The van der Waals surface area contributed by atoms with Crippen molar-refractivity contribution in [2.24, 2.45) is 5.73 Å². The van der Waals surface area contributed by atoms with Crippen LogP contribution in [-0.2, 0) is 9.53 Å². The molecule has 1 rings (SSSR count). The Kier molecular flexibility index (Phi) is 2.08. The quantitative estimate of drug-likeness (QED) is 0.598. The summed E-state index contributed by atoms with van der Waals surface area (Å²) in [5, 5.41) is 0. The van der Waals surface area contributed by atoms with E-state index in [-0.39, 0.29) is 12.9 Å². The van der Waals surface area contributed by atoms with Crippen LogP contribution < -0.4 is 5.73 Å². The van der Waals surface area contributed by atoms with Crippen molar-refractivity contribution in [1.29, 1.82) is 0 Å². The van der Waals surface area contributed by atoms with E-state index in [0.29, 0.717) is 0 Å². The fraction of sp³-hybridized carbons (Fsp3) is 0.833. The van der Waals surface area contributed by atoms with E-state index < -0.39 is 24.5 Å². The maximum atomic E-state index is 12.7. The fourth-order valence-electron chi connectivity index (χ4n) is 1.23. The van der Waals surface area contributed by atoms with E-state index in [9.17, 15) is 13.6 Å². The number of carbonyl (C=O) groups excluding carboxylic acids is 1. The van der Waals surface area contributed by atoms with Crippen molar-refractivity contribution >= 4 is 6.47 Å². The lowest BCUT2D eigenvalue weighted by atomic mass is 10.2. The molecule has 0 bridgehead atoms. The highest BCUT2D eigenvalue weighted by molar-refractivity contribution is 5.38. The molecule has 11 heavy (non-hydrogen) atoms. The molecule has 1 fully saturated rings. The average molecular weight is 165 g/mol. The number of hydrogen-bond donors (Lipinski definition) is 1. The molecule has 0 heterocycles. The Morgan fingerprint density at radius 3 is 2.64 bits per heavy atom. The van der Waals surface area contributed by atoms with E-state index in [1.165, 1.54) is 0 Å². The van der Waals surface area contributed by atoms with Gasteiger partial charge in [-0.25, -0.2) is 8.78 Å². The van der Waals surface area contributed by atoms with Crippen molar-refractivity contribution in [3.63, 3.8) is 0 Å². The highest BCUT2D eigenvalue weighted by Gasteiger charge is 2.49. The average Bonchev–Trinajstić information content (AvgIpc) is 2.07. The van der Waals surface area contributed by atoms with E-state index in [0.717, 1.165) is 0 Å². The lowest BCUT2D eigenvalue weighted by Gasteiger charge is -2.15. The summed E-state index contributed by atoms with van der Waals surface area (Å²) in [6.07, 6.45) is -1.67. The van der Waals surface area contributed by atoms with Gasteiger partial charge in [0.25, 0.3) is 12.4 Å². The second kappa shape index (κ2) is 2.73. The van der Waals surface area contributed by atoms with Crippen molar-refractivity contribution < 1.29 is 18.3 Å². The van der Waals surface area contributed by atoms with Crippen LogP contribution in [0.2, 0.25) is 0 Å². The standard InChI is InChI=1S/C6H9F2NO2/c7-6(8)2-4(9)1-5(6)11-3-10/h3-5H,1-2,9H2/t4-,5+/m1/s1. The third-order valence-corrected chi connectivity index (χ3v) is 1.74. The smallest absolute Gasteiger partial charge is 0.293 e. The minimum Gasteiger partial charge on any atom is -0.458 e. The summed E-state index contributed by atoms with van der Waals surface area (Å²) in [6.45, 7) is 0.0383. The summed E-state index contributed by atoms with van der Waals surface area (Å²) in [6, 6.07) is -0.560. The number of ether oxygens (including phenoxy) is 1. The van der Waals surface area contributed by atoms with Gasteiger partial charge in [-0.2, -0.15) is 0 Å². The molecule has 1 aliphatic rings. The highest BCUT2D eigenvalue weighted by atomic mass is 19.3. The molecule has 0 amide bonds. The second-order valence-corrected chi connectivity index (χ2v) is 2.68. The predicted octanol–water partition coefficient (Wildman–Crippen LogP) is 0.284. The molecular weight excluding hydrogens is 156 g/mol. The largest absolute Gasteiger partial charge is 0.458 e. The van der Waals surface area contributed by atoms with E-state index in [2.05, 4.69) is 4.74 Å². The van der Waals surface area contributed by atoms with Crippen molar-refractivity contribution in [3.8, 4) is 0 Å². The van der Waals surface area contributed by atoms with Gasteiger partial charge in [-0.05, 0) is 0 Å². The van der Waals surface area contributed by atoms with Crippen LogP contribution in [0.25, 0.3) is 0 Å². The van der Waals surface area contributed by atoms with Gasteiger partial charge in [0.2, 0.25) is 0 Å². The van der Waals surface area contributed by atoms with Crippen LogP contribution in [0.5, 0.6) is 0 Å². The Hall–Kier alpha value is -0.710. The summed E-state index contributed by atoms with van der Waals surface area (Å²) in [5.74, 6) is -2.94. The molecule has 0 unspecified atom stereocenters. The van der Waals surface area contributed by atoms with E-state index >= 15 is 0 Å². The monoisotopic (exact) mass is 165 g/mol. The zero-order chi connectivity index (χ0) is 8.48. The first kappa shape index (κ1) is 8.39. The first-order chi connectivity index (χ1) is 5.06. The van der Waals surface area contributed by atoms with Gasteiger partial charge >= 0.3 is 0 Å². The molecule has 0 radical (unpaired) electrons. The topological polar surface area (TPSA) is 52.3 Å². The fourth-order valence-corrected chi connectivity index (χ4v) is 1.23. The van der Waals surface area contributed by atoms with Crippen LogP contribution >= 0.6 is 0 Å². The van der Waals surface area contributed by atoms with Crippen LogP contribution in [0.15, 0.2) is 0 Å². The number of hydrogen-bond acceptors (Lipinski definition) is 3. The van der Waals surface area contributed by atoms with Gasteiger partial charge < -0.3 is 10.5 Å².